The molecule has 0 bridgehead atoms. The summed E-state index contributed by atoms with van der Waals surface area (Å²) in [5.41, 5.74) is -0.453. The molecule has 7 heteroatoms. The van der Waals surface area contributed by atoms with Gasteiger partial charge in [0, 0.05) is 18.9 Å². The summed E-state index contributed by atoms with van der Waals surface area (Å²) in [6, 6.07) is 1.47. The molecule has 0 saturated carbocycles. The predicted octanol–water partition coefficient (Wildman–Crippen LogP) is 2.33. The van der Waals surface area contributed by atoms with E-state index >= 15 is 0 Å². The molecule has 0 aliphatic carbocycles. The summed E-state index contributed by atoms with van der Waals surface area (Å²) in [5.74, 6) is -4.00. The first-order valence-electron chi connectivity index (χ1n) is 5.89. The van der Waals surface area contributed by atoms with Gasteiger partial charge in [0.25, 0.3) is 0 Å². The molecular formula is C13H12F2N2O3. The van der Waals surface area contributed by atoms with E-state index in [4.69, 9.17) is 9.84 Å². The van der Waals surface area contributed by atoms with Crippen molar-refractivity contribution in [3.05, 3.63) is 48.1 Å². The molecule has 0 unspecified atom stereocenters. The second kappa shape index (κ2) is 6.14. The number of carboxylic acid groups (broad SMARTS) is 1. The summed E-state index contributed by atoms with van der Waals surface area (Å²) in [7, 11) is 0. The van der Waals surface area contributed by atoms with Crippen molar-refractivity contribution in [3.8, 4) is 5.75 Å². The highest BCUT2D eigenvalue weighted by atomic mass is 19.1. The van der Waals surface area contributed by atoms with Crippen LogP contribution in [0.3, 0.4) is 0 Å². The lowest BCUT2D eigenvalue weighted by Crippen LogP contribution is -2.07. The summed E-state index contributed by atoms with van der Waals surface area (Å²) in [6.07, 6.45) is 5.56. The minimum absolute atomic E-state index is 0.110. The molecular weight excluding hydrogens is 270 g/mol. The van der Waals surface area contributed by atoms with E-state index in [1.54, 1.807) is 18.7 Å². The summed E-state index contributed by atoms with van der Waals surface area (Å²) in [5, 5.41) is 8.66. The second-order valence-corrected chi connectivity index (χ2v) is 4.08. The highest BCUT2D eigenvalue weighted by Crippen LogP contribution is 2.23. The highest BCUT2D eigenvalue weighted by Gasteiger charge is 2.15. The number of hydrogen-bond donors (Lipinski definition) is 1. The molecule has 1 heterocycles. The van der Waals surface area contributed by atoms with Gasteiger partial charge in [0.05, 0.1) is 18.5 Å². The Hall–Kier alpha value is -2.44. The summed E-state index contributed by atoms with van der Waals surface area (Å²) in [6.45, 7) is 0.717. The van der Waals surface area contributed by atoms with Crippen molar-refractivity contribution in [2.45, 2.75) is 13.0 Å². The number of carbonyl (C=O) groups is 1. The number of halogens is 2. The monoisotopic (exact) mass is 282 g/mol. The van der Waals surface area contributed by atoms with E-state index in [-0.39, 0.29) is 6.61 Å². The maximum absolute atomic E-state index is 13.5. The van der Waals surface area contributed by atoms with E-state index in [0.717, 1.165) is 12.1 Å². The van der Waals surface area contributed by atoms with Gasteiger partial charge in [0.1, 0.15) is 0 Å². The van der Waals surface area contributed by atoms with Gasteiger partial charge in [0.2, 0.25) is 0 Å². The van der Waals surface area contributed by atoms with E-state index in [9.17, 15) is 13.6 Å². The molecule has 2 aromatic rings. The first kappa shape index (κ1) is 14.0. The molecule has 20 heavy (non-hydrogen) atoms. The molecule has 1 aromatic heterocycles. The largest absolute Gasteiger partial charge is 0.488 e. The van der Waals surface area contributed by atoms with Crippen LogP contribution in [0.15, 0.2) is 30.9 Å². The molecule has 0 saturated heterocycles. The number of nitrogens with zero attached hydrogens (tertiary/aromatic N) is 2. The molecule has 106 valence electrons. The Balaban J connectivity index is 1.94. The van der Waals surface area contributed by atoms with E-state index in [0.29, 0.717) is 13.0 Å². The van der Waals surface area contributed by atoms with Crippen LogP contribution in [0, 0.1) is 11.6 Å². The van der Waals surface area contributed by atoms with Crippen LogP contribution in [0.5, 0.6) is 5.75 Å². The standard InChI is InChI=1S/C13H12F2N2O3/c14-10-6-9(13(18)19)7-11(15)12(10)20-5-1-3-17-4-2-16-8-17/h2,4,6-8H,1,3,5H2,(H,18,19). The fraction of sp³-hybridized carbons (Fsp3) is 0.231. The third-order valence-corrected chi connectivity index (χ3v) is 2.61. The van der Waals surface area contributed by atoms with Crippen molar-refractivity contribution in [1.29, 1.82) is 0 Å². The van der Waals surface area contributed by atoms with Crippen molar-refractivity contribution in [1.82, 2.24) is 9.55 Å². The van der Waals surface area contributed by atoms with E-state index < -0.39 is 28.9 Å². The minimum atomic E-state index is -1.39. The van der Waals surface area contributed by atoms with Crippen LogP contribution in [-0.4, -0.2) is 27.2 Å². The molecule has 0 aliphatic heterocycles. The maximum Gasteiger partial charge on any atom is 0.335 e. The van der Waals surface area contributed by atoms with Gasteiger partial charge in [0.15, 0.2) is 17.4 Å². The SMILES string of the molecule is O=C(O)c1cc(F)c(OCCCn2ccnc2)c(F)c1. The third-order valence-electron chi connectivity index (χ3n) is 2.61. The number of ether oxygens (including phenoxy) is 1. The van der Waals surface area contributed by atoms with Crippen LogP contribution in [0.25, 0.3) is 0 Å². The maximum atomic E-state index is 13.5. The van der Waals surface area contributed by atoms with Crippen LogP contribution >= 0.6 is 0 Å². The first-order valence-corrected chi connectivity index (χ1v) is 5.89. The average Bonchev–Trinajstić information content (AvgIpc) is 2.89. The van der Waals surface area contributed by atoms with Crippen molar-refractivity contribution < 1.29 is 23.4 Å². The number of benzene rings is 1. The predicted molar refractivity (Wildman–Crippen MR) is 65.7 cm³/mol. The Morgan fingerprint density at radius 2 is 2.05 bits per heavy atom. The fourth-order valence-electron chi connectivity index (χ4n) is 1.66. The van der Waals surface area contributed by atoms with Crippen molar-refractivity contribution in [2.24, 2.45) is 0 Å². The van der Waals surface area contributed by atoms with Gasteiger partial charge >= 0.3 is 5.97 Å². The lowest BCUT2D eigenvalue weighted by atomic mass is 10.2. The van der Waals surface area contributed by atoms with E-state index in [2.05, 4.69) is 4.98 Å². The smallest absolute Gasteiger partial charge is 0.335 e. The lowest BCUT2D eigenvalue weighted by molar-refractivity contribution is 0.0695. The van der Waals surface area contributed by atoms with Gasteiger partial charge in [-0.05, 0) is 18.6 Å². The number of aryl methyl sites for hydroxylation is 1. The van der Waals surface area contributed by atoms with Gasteiger partial charge in [-0.2, -0.15) is 0 Å². The number of aromatic nitrogens is 2. The van der Waals surface area contributed by atoms with Crippen molar-refractivity contribution >= 4 is 5.97 Å². The molecule has 1 N–H and O–H groups in total. The number of carboxylic acids is 1. The zero-order valence-electron chi connectivity index (χ0n) is 10.4. The zero-order valence-corrected chi connectivity index (χ0v) is 10.4. The number of imidazole rings is 1. The van der Waals surface area contributed by atoms with Gasteiger partial charge in [-0.1, -0.05) is 0 Å². The van der Waals surface area contributed by atoms with Crippen molar-refractivity contribution in [2.75, 3.05) is 6.61 Å². The lowest BCUT2D eigenvalue weighted by Gasteiger charge is -2.09. The molecule has 0 radical (unpaired) electrons. The van der Waals surface area contributed by atoms with Crippen LogP contribution in [0.2, 0.25) is 0 Å². The molecule has 2 rings (SSSR count). The van der Waals surface area contributed by atoms with Crippen LogP contribution in [-0.2, 0) is 6.54 Å². The summed E-state index contributed by atoms with van der Waals surface area (Å²) < 4.78 is 33.9. The quantitative estimate of drug-likeness (QED) is 0.826. The minimum Gasteiger partial charge on any atom is -0.488 e. The Morgan fingerprint density at radius 1 is 1.35 bits per heavy atom. The first-order chi connectivity index (χ1) is 9.58. The third kappa shape index (κ3) is 3.31. The Bertz CT molecular complexity index is 577. The summed E-state index contributed by atoms with van der Waals surface area (Å²) in [4.78, 5) is 14.5. The van der Waals surface area contributed by atoms with E-state index in [1.165, 1.54) is 0 Å². The van der Waals surface area contributed by atoms with Crippen molar-refractivity contribution in [3.63, 3.8) is 0 Å². The normalized spacial score (nSPS) is 10.5. The Morgan fingerprint density at radius 3 is 2.60 bits per heavy atom. The Labute approximate surface area is 113 Å². The Kier molecular flexibility index (Phi) is 4.29. The molecule has 5 nitrogen and oxygen atoms in total. The fourth-order valence-corrected chi connectivity index (χ4v) is 1.66. The molecule has 0 atom stereocenters. The molecule has 1 aromatic carbocycles. The highest BCUT2D eigenvalue weighted by molar-refractivity contribution is 5.87. The van der Waals surface area contributed by atoms with Gasteiger partial charge in [-0.3, -0.25) is 0 Å². The molecule has 0 fully saturated rings. The number of aromatic carboxylic acids is 1. The number of hydrogen-bond acceptors (Lipinski definition) is 3. The van der Waals surface area contributed by atoms with Gasteiger partial charge in [-0.25, -0.2) is 18.6 Å². The molecule has 0 spiro atoms. The van der Waals surface area contributed by atoms with Crippen LogP contribution < -0.4 is 4.74 Å². The zero-order chi connectivity index (χ0) is 14.5. The van der Waals surface area contributed by atoms with Crippen LogP contribution in [0.1, 0.15) is 16.8 Å². The topological polar surface area (TPSA) is 64.3 Å². The van der Waals surface area contributed by atoms with Gasteiger partial charge in [-0.15, -0.1) is 0 Å². The summed E-state index contributed by atoms with van der Waals surface area (Å²) >= 11 is 0. The molecule has 0 aliphatic rings. The van der Waals surface area contributed by atoms with Crippen LogP contribution in [0.4, 0.5) is 8.78 Å². The van der Waals surface area contributed by atoms with E-state index in [1.807, 2.05) is 4.57 Å². The average molecular weight is 282 g/mol. The molecule has 0 amide bonds. The van der Waals surface area contributed by atoms with Gasteiger partial charge < -0.3 is 14.4 Å². The second-order valence-electron chi connectivity index (χ2n) is 4.08. The number of rotatable bonds is 6.